The maximum absolute atomic E-state index is 14.1. The monoisotopic (exact) mass is 490 g/mol. The topological polar surface area (TPSA) is 96.2 Å². The van der Waals surface area contributed by atoms with Crippen LogP contribution in [0.15, 0.2) is 53.1 Å². The predicted molar refractivity (Wildman–Crippen MR) is 139 cm³/mol. The molecule has 0 fully saturated rings. The Morgan fingerprint density at radius 2 is 1.50 bits per heavy atom. The van der Waals surface area contributed by atoms with E-state index in [0.29, 0.717) is 28.9 Å². The molecule has 2 aliphatic heterocycles. The average molecular weight is 491 g/mol. The molecule has 0 spiro atoms. The first-order valence-electron chi connectivity index (χ1n) is 12.2. The summed E-state index contributed by atoms with van der Waals surface area (Å²) in [5.74, 6) is -0.664. The summed E-state index contributed by atoms with van der Waals surface area (Å²) >= 11 is 0. The molecule has 0 aliphatic carbocycles. The molecule has 3 N–H and O–H groups in total. The van der Waals surface area contributed by atoms with Crippen LogP contribution in [0.1, 0.15) is 74.7 Å². The molecule has 2 aromatic rings. The fraction of sp³-hybridized carbons (Fsp3) is 0.367. The molecule has 2 aromatic carbocycles. The summed E-state index contributed by atoms with van der Waals surface area (Å²) < 4.78 is 12.7. The van der Waals surface area contributed by atoms with Crippen molar-refractivity contribution in [3.05, 3.63) is 75.4 Å². The molecule has 6 heteroatoms. The lowest BCUT2D eigenvalue weighted by Crippen LogP contribution is -2.45. The van der Waals surface area contributed by atoms with Gasteiger partial charge < -0.3 is 24.8 Å². The Morgan fingerprint density at radius 1 is 0.861 bits per heavy atom. The largest absolute Gasteiger partial charge is 0.508 e. The van der Waals surface area contributed by atoms with Crippen molar-refractivity contribution in [1.29, 1.82) is 0 Å². The Morgan fingerprint density at radius 3 is 2.11 bits per heavy atom. The second-order valence-electron chi connectivity index (χ2n) is 10.3. The van der Waals surface area contributed by atoms with E-state index in [-0.39, 0.29) is 40.8 Å². The molecule has 0 radical (unpaired) electrons. The Labute approximate surface area is 212 Å². The van der Waals surface area contributed by atoms with Crippen LogP contribution >= 0.6 is 0 Å². The number of carbonyl (C=O) groups excluding carboxylic acids is 1. The van der Waals surface area contributed by atoms with E-state index in [2.05, 4.69) is 0 Å². The normalized spacial score (nSPS) is 19.6. The highest BCUT2D eigenvalue weighted by Crippen LogP contribution is 2.54. The number of rotatable bonds is 5. The predicted octanol–water partition coefficient (Wildman–Crippen LogP) is 6.48. The third-order valence-corrected chi connectivity index (χ3v) is 6.56. The van der Waals surface area contributed by atoms with Crippen LogP contribution in [0.5, 0.6) is 28.7 Å². The highest BCUT2D eigenvalue weighted by molar-refractivity contribution is 6.06. The van der Waals surface area contributed by atoms with E-state index < -0.39 is 18.1 Å². The van der Waals surface area contributed by atoms with Crippen molar-refractivity contribution in [1.82, 2.24) is 0 Å². The zero-order valence-electron chi connectivity index (χ0n) is 21.7. The summed E-state index contributed by atoms with van der Waals surface area (Å²) in [6.07, 6.45) is 5.00. The van der Waals surface area contributed by atoms with Crippen molar-refractivity contribution in [2.24, 2.45) is 5.92 Å². The molecule has 36 heavy (non-hydrogen) atoms. The third kappa shape index (κ3) is 4.60. The molecule has 0 bridgehead atoms. The first-order valence-corrected chi connectivity index (χ1v) is 12.2. The van der Waals surface area contributed by atoms with Gasteiger partial charge in [-0.3, -0.25) is 4.79 Å². The van der Waals surface area contributed by atoms with Gasteiger partial charge in [0, 0.05) is 22.8 Å². The molecule has 190 valence electrons. The van der Waals surface area contributed by atoms with E-state index in [9.17, 15) is 20.1 Å². The molecule has 2 aliphatic rings. The number of benzene rings is 2. The smallest absolute Gasteiger partial charge is 0.181 e. The lowest BCUT2D eigenvalue weighted by molar-refractivity contribution is 0.0222. The summed E-state index contributed by atoms with van der Waals surface area (Å²) in [6.45, 7) is 11.6. The zero-order chi connectivity index (χ0) is 26.3. The fourth-order valence-electron chi connectivity index (χ4n) is 4.79. The molecular formula is C30H34O6. The van der Waals surface area contributed by atoms with Gasteiger partial charge in [-0.2, -0.15) is 0 Å². The van der Waals surface area contributed by atoms with Gasteiger partial charge in [0.05, 0.1) is 0 Å². The quantitative estimate of drug-likeness (QED) is 0.415. The van der Waals surface area contributed by atoms with E-state index >= 15 is 0 Å². The van der Waals surface area contributed by atoms with Crippen molar-refractivity contribution in [3.8, 4) is 28.7 Å². The molecule has 0 saturated heterocycles. The Kier molecular flexibility index (Phi) is 6.90. The van der Waals surface area contributed by atoms with Crippen LogP contribution in [0.2, 0.25) is 0 Å². The van der Waals surface area contributed by atoms with Crippen LogP contribution in [0.4, 0.5) is 0 Å². The number of allylic oxidation sites excluding steroid dienone is 5. The number of hydrogen-bond donors (Lipinski definition) is 3. The molecular weight excluding hydrogens is 456 g/mol. The zero-order valence-corrected chi connectivity index (χ0v) is 21.7. The Balaban J connectivity index is 1.97. The summed E-state index contributed by atoms with van der Waals surface area (Å²) in [4.78, 5) is 14.1. The van der Waals surface area contributed by atoms with E-state index in [1.807, 2.05) is 59.8 Å². The molecule has 0 aromatic heterocycles. The van der Waals surface area contributed by atoms with Crippen molar-refractivity contribution in [2.45, 2.75) is 66.6 Å². The molecule has 4 rings (SSSR count). The number of Topliss-reactive ketones (excluding diaryl/α,β-unsaturated/α-hetero) is 1. The van der Waals surface area contributed by atoms with E-state index in [4.69, 9.17) is 9.47 Å². The Bertz CT molecular complexity index is 1300. The minimum atomic E-state index is -0.743. The van der Waals surface area contributed by atoms with Gasteiger partial charge in [-0.05, 0) is 72.6 Å². The number of ketones is 1. The van der Waals surface area contributed by atoms with Crippen molar-refractivity contribution < 1.29 is 29.6 Å². The first kappa shape index (κ1) is 25.4. The summed E-state index contributed by atoms with van der Waals surface area (Å²) in [7, 11) is 0. The highest BCUT2D eigenvalue weighted by atomic mass is 16.5. The molecule has 0 saturated carbocycles. The number of phenolic OH excluding ortho intramolecular Hbond substituents is 3. The summed E-state index contributed by atoms with van der Waals surface area (Å²) in [5.41, 5.74) is 4.55. The van der Waals surface area contributed by atoms with Gasteiger partial charge in [-0.15, -0.1) is 0 Å². The van der Waals surface area contributed by atoms with Crippen LogP contribution in [0.3, 0.4) is 0 Å². The lowest BCUT2D eigenvalue weighted by atomic mass is 9.77. The summed E-state index contributed by atoms with van der Waals surface area (Å²) in [5, 5.41) is 32.6. The van der Waals surface area contributed by atoms with Gasteiger partial charge in [0.25, 0.3) is 0 Å². The fourth-order valence-corrected chi connectivity index (χ4v) is 4.79. The van der Waals surface area contributed by atoms with Crippen LogP contribution < -0.4 is 9.47 Å². The van der Waals surface area contributed by atoms with Gasteiger partial charge in [0.2, 0.25) is 0 Å². The minimum Gasteiger partial charge on any atom is -0.508 e. The SMILES string of the molecule is CC(C)=CCc1c(O)c(CC=C(C)C)c2c(c1O)C(=O)C1C(C=C(C)C)Oc3cc(O)ccc3C1O2. The standard InChI is InChI=1S/C30H34O6/c1-15(2)7-10-20-26(32)21(11-8-16(3)4)30-25(27(20)33)28(34)24-23(13-17(5)6)35-22-14-18(31)9-12-19(22)29(24)36-30/h7-9,12-14,23-24,29,31-33H,10-11H2,1-6H3. The van der Waals surface area contributed by atoms with Gasteiger partial charge >= 0.3 is 0 Å². The molecule has 3 atom stereocenters. The van der Waals surface area contributed by atoms with Crippen LogP contribution in [-0.2, 0) is 12.8 Å². The van der Waals surface area contributed by atoms with E-state index in [1.165, 1.54) is 12.1 Å². The van der Waals surface area contributed by atoms with Crippen LogP contribution in [-0.4, -0.2) is 27.2 Å². The van der Waals surface area contributed by atoms with Crippen LogP contribution in [0.25, 0.3) is 0 Å². The number of ether oxygens (including phenoxy) is 2. The molecule has 6 nitrogen and oxygen atoms in total. The summed E-state index contributed by atoms with van der Waals surface area (Å²) in [6, 6.07) is 4.74. The maximum Gasteiger partial charge on any atom is 0.181 e. The van der Waals surface area contributed by atoms with Crippen LogP contribution in [0, 0.1) is 5.92 Å². The van der Waals surface area contributed by atoms with Crippen molar-refractivity contribution in [3.63, 3.8) is 0 Å². The number of aromatic hydroxyl groups is 3. The maximum atomic E-state index is 14.1. The number of carbonyl (C=O) groups is 1. The highest BCUT2D eigenvalue weighted by Gasteiger charge is 2.50. The minimum absolute atomic E-state index is 0.0501. The second kappa shape index (κ2) is 9.76. The average Bonchev–Trinajstić information content (AvgIpc) is 2.77. The third-order valence-electron chi connectivity index (χ3n) is 6.56. The number of phenols is 3. The molecule has 0 amide bonds. The number of fused-ring (bicyclic) bond motifs is 4. The lowest BCUT2D eigenvalue weighted by Gasteiger charge is -2.41. The van der Waals surface area contributed by atoms with Crippen molar-refractivity contribution >= 4 is 5.78 Å². The second-order valence-corrected chi connectivity index (χ2v) is 10.3. The Hall–Kier alpha value is -3.67. The van der Waals surface area contributed by atoms with Gasteiger partial charge in [-0.25, -0.2) is 0 Å². The number of hydrogen-bond acceptors (Lipinski definition) is 6. The molecule has 2 heterocycles. The van der Waals surface area contributed by atoms with E-state index in [1.54, 1.807) is 6.07 Å². The van der Waals surface area contributed by atoms with Gasteiger partial charge in [-0.1, -0.05) is 28.9 Å². The van der Waals surface area contributed by atoms with Crippen molar-refractivity contribution in [2.75, 3.05) is 0 Å². The van der Waals surface area contributed by atoms with E-state index in [0.717, 1.165) is 16.7 Å². The molecule has 3 unspecified atom stereocenters. The van der Waals surface area contributed by atoms with Gasteiger partial charge in [0.15, 0.2) is 5.78 Å². The van der Waals surface area contributed by atoms with Gasteiger partial charge in [0.1, 0.15) is 52.4 Å². The first-order chi connectivity index (χ1) is 17.0.